The van der Waals surface area contributed by atoms with Crippen LogP contribution in [0.4, 0.5) is 5.82 Å². The number of hydrogen-bond donors (Lipinski definition) is 1. The lowest BCUT2D eigenvalue weighted by Crippen LogP contribution is -2.27. The highest BCUT2D eigenvalue weighted by Crippen LogP contribution is 2.34. The van der Waals surface area contributed by atoms with Gasteiger partial charge in [-0.3, -0.25) is 0 Å². The Hall–Kier alpha value is -1.09. The van der Waals surface area contributed by atoms with Crippen LogP contribution in [0.2, 0.25) is 0 Å². The molecule has 1 N–H and O–H groups in total. The lowest BCUT2D eigenvalue weighted by atomic mass is 9.93. The summed E-state index contributed by atoms with van der Waals surface area (Å²) in [5.74, 6) is 1.88. The Morgan fingerprint density at radius 3 is 2.62 bits per heavy atom. The molecule has 1 aromatic rings. The number of nitrogens with one attached hydrogen (secondary N) is 1. The molecule has 21 heavy (non-hydrogen) atoms. The molecule has 3 nitrogen and oxygen atoms in total. The van der Waals surface area contributed by atoms with E-state index < -0.39 is 0 Å². The van der Waals surface area contributed by atoms with Crippen molar-refractivity contribution in [3.8, 4) is 0 Å². The molecule has 2 heterocycles. The van der Waals surface area contributed by atoms with E-state index in [1.807, 2.05) is 0 Å². The van der Waals surface area contributed by atoms with Crippen molar-refractivity contribution in [3.63, 3.8) is 0 Å². The highest BCUT2D eigenvalue weighted by atomic mass is 15.2. The first-order valence-electron chi connectivity index (χ1n) is 8.21. The third-order valence-corrected chi connectivity index (χ3v) is 4.28. The van der Waals surface area contributed by atoms with Crippen molar-refractivity contribution in [2.45, 2.75) is 54.5 Å². The molecule has 0 aliphatic carbocycles. The lowest BCUT2D eigenvalue weighted by molar-refractivity contribution is 0.418. The zero-order valence-electron chi connectivity index (χ0n) is 14.6. The first kappa shape index (κ1) is 16.3. The predicted molar refractivity (Wildman–Crippen MR) is 90.9 cm³/mol. The summed E-state index contributed by atoms with van der Waals surface area (Å²) in [6, 6.07) is 2.21. The van der Waals surface area contributed by atoms with Crippen LogP contribution in [0.1, 0.15) is 50.9 Å². The number of hydrogen-bond acceptors (Lipinski definition) is 3. The first-order valence-corrected chi connectivity index (χ1v) is 8.21. The van der Waals surface area contributed by atoms with Crippen molar-refractivity contribution in [1.82, 2.24) is 10.3 Å². The fraction of sp³-hybridized carbons (Fsp3) is 0.722. The molecular formula is C18H31N3. The monoisotopic (exact) mass is 289 g/mol. The SMILES string of the molecule is Cc1cc(C)c(CNCC(C)C)c(N2CCC(C)(C)C2)n1. The molecule has 0 spiro atoms. The molecule has 1 fully saturated rings. The Labute approximate surface area is 130 Å². The van der Waals surface area contributed by atoms with E-state index in [9.17, 15) is 0 Å². The molecule has 0 atom stereocenters. The molecule has 0 saturated carbocycles. The number of pyridine rings is 1. The molecule has 0 radical (unpaired) electrons. The average Bonchev–Trinajstić information content (AvgIpc) is 2.71. The predicted octanol–water partition coefficient (Wildman–Crippen LogP) is 3.68. The van der Waals surface area contributed by atoms with E-state index in [1.165, 1.54) is 23.4 Å². The Morgan fingerprint density at radius 2 is 2.05 bits per heavy atom. The Kier molecular flexibility index (Phi) is 4.92. The van der Waals surface area contributed by atoms with Crippen molar-refractivity contribution in [2.75, 3.05) is 24.5 Å². The third-order valence-electron chi connectivity index (χ3n) is 4.28. The smallest absolute Gasteiger partial charge is 0.133 e. The molecule has 1 saturated heterocycles. The second-order valence-electron chi connectivity index (χ2n) is 7.74. The lowest BCUT2D eigenvalue weighted by Gasteiger charge is -2.25. The van der Waals surface area contributed by atoms with Crippen LogP contribution in [-0.2, 0) is 6.54 Å². The van der Waals surface area contributed by atoms with Gasteiger partial charge in [0.1, 0.15) is 5.82 Å². The zero-order valence-corrected chi connectivity index (χ0v) is 14.6. The first-order chi connectivity index (χ1) is 9.78. The molecule has 1 aliphatic rings. The summed E-state index contributed by atoms with van der Waals surface area (Å²) < 4.78 is 0. The van der Waals surface area contributed by atoms with Crippen LogP contribution in [0.5, 0.6) is 0 Å². The van der Waals surface area contributed by atoms with Crippen LogP contribution in [0.3, 0.4) is 0 Å². The molecule has 0 amide bonds. The Balaban J connectivity index is 2.22. The van der Waals surface area contributed by atoms with Crippen LogP contribution in [0.25, 0.3) is 0 Å². The number of aryl methyl sites for hydroxylation is 2. The number of nitrogens with zero attached hydrogens (tertiary/aromatic N) is 2. The summed E-state index contributed by atoms with van der Waals surface area (Å²) in [6.45, 7) is 17.7. The maximum absolute atomic E-state index is 4.87. The van der Waals surface area contributed by atoms with Gasteiger partial charge >= 0.3 is 0 Å². The molecule has 1 aliphatic heterocycles. The molecule has 118 valence electrons. The largest absolute Gasteiger partial charge is 0.356 e. The van der Waals surface area contributed by atoms with E-state index in [2.05, 4.69) is 57.8 Å². The van der Waals surface area contributed by atoms with Gasteiger partial charge in [0.2, 0.25) is 0 Å². The van der Waals surface area contributed by atoms with E-state index in [1.54, 1.807) is 0 Å². The van der Waals surface area contributed by atoms with Crippen LogP contribution >= 0.6 is 0 Å². The Morgan fingerprint density at radius 1 is 1.33 bits per heavy atom. The van der Waals surface area contributed by atoms with Crippen molar-refractivity contribution < 1.29 is 0 Å². The number of aromatic nitrogens is 1. The highest BCUT2D eigenvalue weighted by molar-refractivity contribution is 5.52. The van der Waals surface area contributed by atoms with E-state index in [0.29, 0.717) is 11.3 Å². The molecular weight excluding hydrogens is 258 g/mol. The fourth-order valence-corrected chi connectivity index (χ4v) is 3.10. The second-order valence-corrected chi connectivity index (χ2v) is 7.74. The van der Waals surface area contributed by atoms with Crippen molar-refractivity contribution in [2.24, 2.45) is 11.3 Å². The minimum atomic E-state index is 0.405. The topological polar surface area (TPSA) is 28.2 Å². The van der Waals surface area contributed by atoms with Crippen LogP contribution < -0.4 is 10.2 Å². The number of anilines is 1. The van der Waals surface area contributed by atoms with Crippen molar-refractivity contribution >= 4 is 5.82 Å². The minimum absolute atomic E-state index is 0.405. The summed E-state index contributed by atoms with van der Waals surface area (Å²) >= 11 is 0. The van der Waals surface area contributed by atoms with Gasteiger partial charge in [0.25, 0.3) is 0 Å². The van der Waals surface area contributed by atoms with Crippen LogP contribution in [0.15, 0.2) is 6.07 Å². The second kappa shape index (κ2) is 6.35. The third kappa shape index (κ3) is 4.19. The van der Waals surface area contributed by atoms with Crippen LogP contribution in [0, 0.1) is 25.2 Å². The molecule has 0 bridgehead atoms. The van der Waals surface area contributed by atoms with E-state index in [-0.39, 0.29) is 0 Å². The summed E-state index contributed by atoms with van der Waals surface area (Å²) in [5.41, 5.74) is 4.26. The van der Waals surface area contributed by atoms with Gasteiger partial charge in [-0.1, -0.05) is 27.7 Å². The minimum Gasteiger partial charge on any atom is -0.356 e. The number of rotatable bonds is 5. The molecule has 1 aromatic heterocycles. The standard InChI is InChI=1S/C18H31N3/c1-13(2)10-19-11-16-14(3)9-15(4)20-17(16)21-8-7-18(5,6)12-21/h9,13,19H,7-8,10-12H2,1-6H3. The summed E-state index contributed by atoms with van der Waals surface area (Å²) in [4.78, 5) is 7.34. The quantitative estimate of drug-likeness (QED) is 0.896. The van der Waals surface area contributed by atoms with Gasteiger partial charge in [0.15, 0.2) is 0 Å². The van der Waals surface area contributed by atoms with Gasteiger partial charge < -0.3 is 10.2 Å². The van der Waals surface area contributed by atoms with Crippen molar-refractivity contribution in [3.05, 3.63) is 22.9 Å². The maximum Gasteiger partial charge on any atom is 0.133 e. The Bertz CT molecular complexity index is 491. The van der Waals surface area contributed by atoms with E-state index >= 15 is 0 Å². The van der Waals surface area contributed by atoms with E-state index in [4.69, 9.17) is 4.98 Å². The van der Waals surface area contributed by atoms with Crippen LogP contribution in [-0.4, -0.2) is 24.6 Å². The van der Waals surface area contributed by atoms with Gasteiger partial charge in [-0.15, -0.1) is 0 Å². The van der Waals surface area contributed by atoms with Gasteiger partial charge in [-0.05, 0) is 49.8 Å². The summed E-state index contributed by atoms with van der Waals surface area (Å²) in [5, 5.41) is 3.58. The zero-order chi connectivity index (χ0) is 15.6. The highest BCUT2D eigenvalue weighted by Gasteiger charge is 2.31. The fourth-order valence-electron chi connectivity index (χ4n) is 3.10. The summed E-state index contributed by atoms with van der Waals surface area (Å²) in [7, 11) is 0. The molecule has 2 rings (SSSR count). The average molecular weight is 289 g/mol. The normalized spacial score (nSPS) is 17.8. The van der Waals surface area contributed by atoms with Gasteiger partial charge in [-0.2, -0.15) is 0 Å². The van der Waals surface area contributed by atoms with Gasteiger partial charge in [0, 0.05) is 30.9 Å². The van der Waals surface area contributed by atoms with Gasteiger partial charge in [0.05, 0.1) is 0 Å². The van der Waals surface area contributed by atoms with E-state index in [0.717, 1.165) is 31.9 Å². The molecule has 0 aromatic carbocycles. The summed E-state index contributed by atoms with van der Waals surface area (Å²) in [6.07, 6.45) is 1.25. The van der Waals surface area contributed by atoms with Gasteiger partial charge in [-0.25, -0.2) is 4.98 Å². The van der Waals surface area contributed by atoms with Crippen molar-refractivity contribution in [1.29, 1.82) is 0 Å². The maximum atomic E-state index is 4.87. The molecule has 3 heteroatoms. The molecule has 0 unspecified atom stereocenters.